The molecule has 32 heavy (non-hydrogen) atoms. The molecule has 12 N–H and O–H groups in total. The topological polar surface area (TPSA) is 258 Å². The van der Waals surface area contributed by atoms with Crippen LogP contribution >= 0.6 is 0 Å². The third-order valence-corrected chi connectivity index (χ3v) is 4.37. The van der Waals surface area contributed by atoms with Crippen LogP contribution in [-0.4, -0.2) is 71.4 Å². The second-order valence-corrected chi connectivity index (χ2v) is 7.58. The summed E-state index contributed by atoms with van der Waals surface area (Å²) in [4.78, 5) is 63.3. The Hall–Kier alpha value is -3.42. The number of nitrogens with one attached hydrogen (secondary N) is 3. The fourth-order valence-corrected chi connectivity index (χ4v) is 2.42. The molecule has 0 bridgehead atoms. The fourth-order valence-electron chi connectivity index (χ4n) is 2.42. The Balaban J connectivity index is 5.29. The third-order valence-electron chi connectivity index (χ3n) is 4.37. The molecule has 0 saturated carbocycles. The molecule has 0 rings (SSSR count). The number of primary amides is 1. The summed E-state index contributed by atoms with van der Waals surface area (Å²) in [6.45, 7) is 5.05. The Morgan fingerprint density at radius 1 is 0.875 bits per heavy atom. The first kappa shape index (κ1) is 28.6. The number of aliphatic imine (C=N–C) groups is 1. The normalized spacial score (nSPS) is 14.4. The smallest absolute Gasteiger partial charge is 0.326 e. The lowest BCUT2D eigenvalue weighted by Crippen LogP contribution is -2.57. The zero-order valence-corrected chi connectivity index (χ0v) is 18.5. The van der Waals surface area contributed by atoms with Crippen LogP contribution in [0.5, 0.6) is 0 Å². The first-order chi connectivity index (χ1) is 14.8. The maximum absolute atomic E-state index is 12.6. The van der Waals surface area contributed by atoms with Crippen LogP contribution in [0.3, 0.4) is 0 Å². The van der Waals surface area contributed by atoms with Gasteiger partial charge >= 0.3 is 5.97 Å². The number of guanidine groups is 1. The SMILES string of the molecule is CC(NC(=O)C(N)C(C)C)C(=O)NC(CCCN=C(N)N)C(=O)NC(CC(N)=O)C(=O)O. The maximum Gasteiger partial charge on any atom is 0.326 e. The number of carbonyl (C=O) groups excluding carboxylic acids is 4. The predicted molar refractivity (Wildman–Crippen MR) is 116 cm³/mol. The Morgan fingerprint density at radius 3 is 1.91 bits per heavy atom. The van der Waals surface area contributed by atoms with Crippen molar-refractivity contribution in [3.05, 3.63) is 0 Å². The monoisotopic (exact) mass is 458 g/mol. The standard InChI is InChI=1S/C18H34N8O6/c1-8(2)13(20)16(30)24-9(3)14(28)25-10(5-4-6-23-18(21)22)15(29)26-11(17(31)32)7-12(19)27/h8-11,13H,4-7,20H2,1-3H3,(H2,19,27)(H,24,30)(H,25,28)(H,26,29)(H,31,32)(H4,21,22,23). The molecule has 0 aliphatic carbocycles. The van der Waals surface area contributed by atoms with Crippen LogP contribution in [-0.2, 0) is 24.0 Å². The van der Waals surface area contributed by atoms with Crippen LogP contribution in [0.2, 0.25) is 0 Å². The maximum atomic E-state index is 12.6. The van der Waals surface area contributed by atoms with E-state index in [1.807, 2.05) is 0 Å². The highest BCUT2D eigenvalue weighted by Crippen LogP contribution is 2.03. The molecule has 4 unspecified atom stereocenters. The molecule has 0 aliphatic rings. The van der Waals surface area contributed by atoms with Gasteiger partial charge in [0.15, 0.2) is 5.96 Å². The molecule has 4 amide bonds. The van der Waals surface area contributed by atoms with Gasteiger partial charge in [0.25, 0.3) is 0 Å². The second kappa shape index (κ2) is 13.8. The molecule has 182 valence electrons. The first-order valence-electron chi connectivity index (χ1n) is 9.99. The molecule has 14 heteroatoms. The van der Waals surface area contributed by atoms with E-state index in [9.17, 15) is 29.1 Å². The van der Waals surface area contributed by atoms with Crippen LogP contribution in [0, 0.1) is 5.92 Å². The highest BCUT2D eigenvalue weighted by atomic mass is 16.4. The summed E-state index contributed by atoms with van der Waals surface area (Å²) < 4.78 is 0. The molecule has 0 radical (unpaired) electrons. The highest BCUT2D eigenvalue weighted by molar-refractivity contribution is 5.94. The Labute approximate surface area is 185 Å². The van der Waals surface area contributed by atoms with Crippen molar-refractivity contribution in [1.29, 1.82) is 0 Å². The lowest BCUT2D eigenvalue weighted by atomic mass is 10.0. The van der Waals surface area contributed by atoms with Gasteiger partial charge in [-0.25, -0.2) is 4.79 Å². The van der Waals surface area contributed by atoms with E-state index in [1.54, 1.807) is 13.8 Å². The van der Waals surface area contributed by atoms with E-state index in [-0.39, 0.29) is 31.3 Å². The minimum Gasteiger partial charge on any atom is -0.480 e. The Kier molecular flexibility index (Phi) is 12.3. The number of rotatable bonds is 14. The molecule has 0 saturated heterocycles. The molecule has 4 atom stereocenters. The van der Waals surface area contributed by atoms with Crippen molar-refractivity contribution < 1.29 is 29.1 Å². The van der Waals surface area contributed by atoms with E-state index in [0.717, 1.165) is 0 Å². The van der Waals surface area contributed by atoms with Gasteiger partial charge in [-0.2, -0.15) is 0 Å². The zero-order chi connectivity index (χ0) is 25.0. The summed E-state index contributed by atoms with van der Waals surface area (Å²) >= 11 is 0. The average Bonchev–Trinajstić information content (AvgIpc) is 2.67. The number of hydrogen-bond donors (Lipinski definition) is 8. The van der Waals surface area contributed by atoms with Crippen molar-refractivity contribution in [1.82, 2.24) is 16.0 Å². The molecule has 0 fully saturated rings. The van der Waals surface area contributed by atoms with Crippen LogP contribution in [0.25, 0.3) is 0 Å². The number of carboxylic acids is 1. The summed E-state index contributed by atoms with van der Waals surface area (Å²) in [6.07, 6.45) is -0.318. The van der Waals surface area contributed by atoms with Gasteiger partial charge in [0.1, 0.15) is 18.1 Å². The zero-order valence-electron chi connectivity index (χ0n) is 18.5. The Bertz CT molecular complexity index is 722. The van der Waals surface area contributed by atoms with Crippen molar-refractivity contribution in [3.8, 4) is 0 Å². The van der Waals surface area contributed by atoms with E-state index >= 15 is 0 Å². The van der Waals surface area contributed by atoms with E-state index in [1.165, 1.54) is 6.92 Å². The first-order valence-corrected chi connectivity index (χ1v) is 9.99. The highest BCUT2D eigenvalue weighted by Gasteiger charge is 2.29. The third kappa shape index (κ3) is 11.1. The fraction of sp³-hybridized carbons (Fsp3) is 0.667. The second-order valence-electron chi connectivity index (χ2n) is 7.58. The summed E-state index contributed by atoms with van der Waals surface area (Å²) in [6, 6.07) is -4.61. The summed E-state index contributed by atoms with van der Waals surface area (Å²) in [5.41, 5.74) is 21.3. The van der Waals surface area contributed by atoms with E-state index in [2.05, 4.69) is 20.9 Å². The van der Waals surface area contributed by atoms with Gasteiger partial charge in [-0.15, -0.1) is 0 Å². The van der Waals surface area contributed by atoms with Crippen molar-refractivity contribution in [2.45, 2.75) is 64.2 Å². The number of nitrogens with zero attached hydrogens (tertiary/aromatic N) is 1. The molecule has 0 aromatic rings. The van der Waals surface area contributed by atoms with Gasteiger partial charge in [-0.3, -0.25) is 24.2 Å². The van der Waals surface area contributed by atoms with Gasteiger partial charge < -0.3 is 44.0 Å². The van der Waals surface area contributed by atoms with E-state index in [0.29, 0.717) is 0 Å². The molecule has 0 heterocycles. The molecular weight excluding hydrogens is 424 g/mol. The van der Waals surface area contributed by atoms with Crippen LogP contribution in [0.1, 0.15) is 40.0 Å². The minimum atomic E-state index is -1.57. The number of aliphatic carboxylic acids is 1. The molecule has 0 aliphatic heterocycles. The van der Waals surface area contributed by atoms with Crippen LogP contribution in [0.15, 0.2) is 4.99 Å². The van der Waals surface area contributed by atoms with Crippen molar-refractivity contribution >= 4 is 35.6 Å². The van der Waals surface area contributed by atoms with Crippen LogP contribution < -0.4 is 38.9 Å². The van der Waals surface area contributed by atoms with Crippen molar-refractivity contribution in [2.24, 2.45) is 33.8 Å². The summed E-state index contributed by atoms with van der Waals surface area (Å²) in [7, 11) is 0. The number of nitrogens with two attached hydrogens (primary N) is 4. The number of carbonyl (C=O) groups is 5. The van der Waals surface area contributed by atoms with Crippen LogP contribution in [0.4, 0.5) is 0 Å². The molecule has 0 spiro atoms. The van der Waals surface area contributed by atoms with Crippen molar-refractivity contribution in [3.63, 3.8) is 0 Å². The summed E-state index contributed by atoms with van der Waals surface area (Å²) in [5, 5.41) is 16.3. The largest absolute Gasteiger partial charge is 0.480 e. The average molecular weight is 459 g/mol. The van der Waals surface area contributed by atoms with Gasteiger partial charge in [0, 0.05) is 6.54 Å². The quantitative estimate of drug-likeness (QED) is 0.0726. The van der Waals surface area contributed by atoms with E-state index < -0.39 is 60.2 Å². The van der Waals surface area contributed by atoms with Gasteiger partial charge in [-0.05, 0) is 25.7 Å². The summed E-state index contributed by atoms with van der Waals surface area (Å²) in [5.74, 6) is -4.79. The molecular formula is C18H34N8O6. The molecule has 0 aromatic heterocycles. The van der Waals surface area contributed by atoms with Gasteiger partial charge in [0.2, 0.25) is 23.6 Å². The molecule has 14 nitrogen and oxygen atoms in total. The number of amides is 4. The minimum absolute atomic E-state index is 0.0451. The van der Waals surface area contributed by atoms with Crippen molar-refractivity contribution in [2.75, 3.05) is 6.54 Å². The Morgan fingerprint density at radius 2 is 1.44 bits per heavy atom. The number of hydrogen-bond acceptors (Lipinski definition) is 7. The van der Waals surface area contributed by atoms with E-state index in [4.69, 9.17) is 22.9 Å². The predicted octanol–water partition coefficient (Wildman–Crippen LogP) is -3.54. The van der Waals surface area contributed by atoms with Gasteiger partial charge in [0.05, 0.1) is 12.5 Å². The van der Waals surface area contributed by atoms with Gasteiger partial charge in [-0.1, -0.05) is 13.8 Å². The number of carboxylic acid groups (broad SMARTS) is 1. The lowest BCUT2D eigenvalue weighted by Gasteiger charge is -2.24. The lowest BCUT2D eigenvalue weighted by molar-refractivity contribution is -0.143. The molecule has 0 aromatic carbocycles.